The molecule has 0 aliphatic rings. The lowest BCUT2D eigenvalue weighted by Crippen LogP contribution is -2.42. The summed E-state index contributed by atoms with van der Waals surface area (Å²) in [5, 5.41) is 0. The fraction of sp³-hybridized carbons (Fsp3) is 0.263. The van der Waals surface area contributed by atoms with Gasteiger partial charge in [0.1, 0.15) is 17.1 Å². The summed E-state index contributed by atoms with van der Waals surface area (Å²) in [6.07, 6.45) is 2.67. The molecule has 0 spiro atoms. The van der Waals surface area contributed by atoms with Crippen molar-refractivity contribution in [2.24, 2.45) is 14.1 Å². The van der Waals surface area contributed by atoms with Gasteiger partial charge >= 0.3 is 11.7 Å². The van der Waals surface area contributed by atoms with Crippen molar-refractivity contribution >= 4 is 23.6 Å². The van der Waals surface area contributed by atoms with Gasteiger partial charge < -0.3 is 15.2 Å². The molecule has 28 heavy (non-hydrogen) atoms. The smallest absolute Gasteiger partial charge is 0.332 e. The topological polar surface area (TPSA) is 123 Å². The number of carbonyl (C=O) groups excluding carboxylic acids is 2. The summed E-state index contributed by atoms with van der Waals surface area (Å²) in [5.41, 5.74) is 4.54. The molecule has 0 saturated carbocycles. The molecular formula is C19H21N3O6. The van der Waals surface area contributed by atoms with Crippen molar-refractivity contribution in [1.82, 2.24) is 9.13 Å². The first-order chi connectivity index (χ1) is 13.3. The number of ether oxygens (including phenoxy) is 2. The summed E-state index contributed by atoms with van der Waals surface area (Å²) in [7, 11) is 2.56. The monoisotopic (exact) mass is 387 g/mol. The Morgan fingerprint density at radius 3 is 2.36 bits per heavy atom. The van der Waals surface area contributed by atoms with Crippen LogP contribution in [0.4, 0.5) is 5.82 Å². The maximum atomic E-state index is 12.3. The quantitative estimate of drug-likeness (QED) is 0.417. The van der Waals surface area contributed by atoms with Gasteiger partial charge in [0.05, 0.1) is 6.61 Å². The average Bonchev–Trinajstić information content (AvgIpc) is 2.69. The van der Waals surface area contributed by atoms with Crippen LogP contribution in [-0.2, 0) is 23.6 Å². The van der Waals surface area contributed by atoms with E-state index in [0.29, 0.717) is 12.4 Å². The number of esters is 1. The van der Waals surface area contributed by atoms with E-state index in [9.17, 15) is 19.2 Å². The van der Waals surface area contributed by atoms with Gasteiger partial charge in [0.25, 0.3) is 5.56 Å². The molecule has 0 saturated heterocycles. The number of anilines is 1. The third kappa shape index (κ3) is 4.56. The number of nitrogen functional groups attached to an aromatic ring is 1. The highest BCUT2D eigenvalue weighted by atomic mass is 16.5. The molecule has 0 aliphatic heterocycles. The number of Topliss-reactive ketones (excluding diaryl/α,β-unsaturated/α-hetero) is 1. The lowest BCUT2D eigenvalue weighted by atomic mass is 10.2. The minimum Gasteiger partial charge on any atom is -0.494 e. The average molecular weight is 387 g/mol. The van der Waals surface area contributed by atoms with Crippen molar-refractivity contribution in [2.75, 3.05) is 18.9 Å². The lowest BCUT2D eigenvalue weighted by Gasteiger charge is -2.10. The van der Waals surface area contributed by atoms with E-state index in [1.165, 1.54) is 20.2 Å². The molecule has 2 N–H and O–H groups in total. The zero-order valence-corrected chi connectivity index (χ0v) is 15.8. The largest absolute Gasteiger partial charge is 0.494 e. The maximum Gasteiger partial charge on any atom is 0.332 e. The predicted octanol–water partition coefficient (Wildman–Crippen LogP) is 0.504. The molecule has 9 heteroatoms. The van der Waals surface area contributed by atoms with Crippen LogP contribution in [0.3, 0.4) is 0 Å². The summed E-state index contributed by atoms with van der Waals surface area (Å²) in [4.78, 5) is 48.0. The Bertz CT molecular complexity index is 1030. The molecule has 1 aromatic heterocycles. The third-order valence-corrected chi connectivity index (χ3v) is 3.94. The van der Waals surface area contributed by atoms with Crippen molar-refractivity contribution in [3.63, 3.8) is 0 Å². The van der Waals surface area contributed by atoms with Gasteiger partial charge in [-0.1, -0.05) is 12.1 Å². The van der Waals surface area contributed by atoms with Crippen LogP contribution in [0.15, 0.2) is 39.9 Å². The Kier molecular flexibility index (Phi) is 6.54. The van der Waals surface area contributed by atoms with Crippen LogP contribution >= 0.6 is 0 Å². The van der Waals surface area contributed by atoms with E-state index in [4.69, 9.17) is 15.2 Å². The van der Waals surface area contributed by atoms with E-state index in [0.717, 1.165) is 20.8 Å². The van der Waals surface area contributed by atoms with E-state index in [1.807, 2.05) is 6.92 Å². The van der Waals surface area contributed by atoms with Gasteiger partial charge in [-0.05, 0) is 30.7 Å². The van der Waals surface area contributed by atoms with Gasteiger partial charge in [-0.3, -0.25) is 18.7 Å². The number of nitrogens with two attached hydrogens (primary N) is 1. The fourth-order valence-corrected chi connectivity index (χ4v) is 2.39. The van der Waals surface area contributed by atoms with Crippen LogP contribution in [0.1, 0.15) is 22.8 Å². The van der Waals surface area contributed by atoms with Crippen LogP contribution in [-0.4, -0.2) is 34.1 Å². The number of ketones is 1. The van der Waals surface area contributed by atoms with E-state index in [-0.39, 0.29) is 5.82 Å². The molecule has 0 bridgehead atoms. The molecule has 0 unspecified atom stereocenters. The van der Waals surface area contributed by atoms with Crippen LogP contribution in [0.2, 0.25) is 0 Å². The van der Waals surface area contributed by atoms with Crippen LogP contribution in [0, 0.1) is 0 Å². The van der Waals surface area contributed by atoms with E-state index < -0.39 is 35.2 Å². The molecule has 2 rings (SSSR count). The van der Waals surface area contributed by atoms with Crippen molar-refractivity contribution in [3.05, 3.63) is 62.3 Å². The summed E-state index contributed by atoms with van der Waals surface area (Å²) in [6.45, 7) is 1.76. The van der Waals surface area contributed by atoms with Gasteiger partial charge in [0, 0.05) is 20.2 Å². The molecular weight excluding hydrogens is 366 g/mol. The molecule has 1 heterocycles. The van der Waals surface area contributed by atoms with Crippen LogP contribution in [0.25, 0.3) is 6.08 Å². The van der Waals surface area contributed by atoms with E-state index >= 15 is 0 Å². The lowest BCUT2D eigenvalue weighted by molar-refractivity contribution is -0.136. The summed E-state index contributed by atoms with van der Waals surface area (Å²) < 4.78 is 11.9. The van der Waals surface area contributed by atoms with Gasteiger partial charge in [-0.2, -0.15) is 0 Å². The number of aromatic nitrogens is 2. The molecule has 0 radical (unpaired) electrons. The Morgan fingerprint density at radius 2 is 1.75 bits per heavy atom. The second-order valence-corrected chi connectivity index (χ2v) is 5.83. The highest BCUT2D eigenvalue weighted by Gasteiger charge is 2.21. The molecule has 0 fully saturated rings. The number of carbonyl (C=O) groups is 2. The minimum absolute atomic E-state index is 0.279. The summed E-state index contributed by atoms with van der Waals surface area (Å²) in [6, 6.07) is 7.04. The van der Waals surface area contributed by atoms with E-state index in [1.54, 1.807) is 24.3 Å². The van der Waals surface area contributed by atoms with Crippen molar-refractivity contribution in [1.29, 1.82) is 0 Å². The van der Waals surface area contributed by atoms with Gasteiger partial charge in [0.2, 0.25) is 5.78 Å². The van der Waals surface area contributed by atoms with Crippen molar-refractivity contribution in [3.8, 4) is 5.75 Å². The number of nitrogens with zero attached hydrogens (tertiary/aromatic N) is 2. The molecule has 9 nitrogen and oxygen atoms in total. The number of rotatable bonds is 7. The van der Waals surface area contributed by atoms with Crippen molar-refractivity contribution in [2.45, 2.75) is 6.92 Å². The van der Waals surface area contributed by atoms with Gasteiger partial charge in [0.15, 0.2) is 6.61 Å². The molecule has 148 valence electrons. The molecule has 1 aromatic carbocycles. The normalized spacial score (nSPS) is 10.8. The van der Waals surface area contributed by atoms with Crippen LogP contribution < -0.4 is 21.7 Å². The first-order valence-corrected chi connectivity index (χ1v) is 8.42. The second kappa shape index (κ2) is 8.85. The number of hydrogen-bond donors (Lipinski definition) is 1. The molecule has 0 atom stereocenters. The first kappa shape index (κ1) is 20.7. The Balaban J connectivity index is 2.04. The van der Waals surface area contributed by atoms with E-state index in [2.05, 4.69) is 0 Å². The molecule has 0 aliphatic carbocycles. The second-order valence-electron chi connectivity index (χ2n) is 5.83. The highest BCUT2D eigenvalue weighted by molar-refractivity contribution is 6.01. The summed E-state index contributed by atoms with van der Waals surface area (Å²) in [5.74, 6) is -1.12. The number of benzene rings is 1. The van der Waals surface area contributed by atoms with Gasteiger partial charge in [-0.15, -0.1) is 0 Å². The fourth-order valence-electron chi connectivity index (χ4n) is 2.39. The Labute approximate surface area is 160 Å². The zero-order valence-electron chi connectivity index (χ0n) is 15.8. The Morgan fingerprint density at radius 1 is 1.11 bits per heavy atom. The predicted molar refractivity (Wildman–Crippen MR) is 103 cm³/mol. The van der Waals surface area contributed by atoms with Gasteiger partial charge in [-0.25, -0.2) is 9.59 Å². The summed E-state index contributed by atoms with van der Waals surface area (Å²) >= 11 is 0. The first-order valence-electron chi connectivity index (χ1n) is 8.42. The zero-order chi connectivity index (χ0) is 20.8. The minimum atomic E-state index is -0.841. The number of hydrogen-bond acceptors (Lipinski definition) is 7. The van der Waals surface area contributed by atoms with Crippen molar-refractivity contribution < 1.29 is 19.1 Å². The maximum absolute atomic E-state index is 12.3. The SMILES string of the molecule is CCOc1ccc(/C=C/C(=O)OCC(=O)c2c(N)n(C)c(=O)n(C)c2=O)cc1. The highest BCUT2D eigenvalue weighted by Crippen LogP contribution is 2.13. The third-order valence-electron chi connectivity index (χ3n) is 3.94. The molecule has 2 aromatic rings. The molecule has 0 amide bonds. The van der Waals surface area contributed by atoms with Crippen LogP contribution in [0.5, 0.6) is 5.75 Å². The standard InChI is InChI=1S/C19H21N3O6/c1-4-27-13-8-5-12(6-9-13)7-10-15(24)28-11-14(23)16-17(20)21(2)19(26)22(3)18(16)25/h5-10H,4,11,20H2,1-3H3/b10-7+. The Hall–Kier alpha value is -3.62.